The number of benzene rings is 2. The first-order valence-corrected chi connectivity index (χ1v) is 15.0. The summed E-state index contributed by atoms with van der Waals surface area (Å²) in [6.07, 6.45) is 0. The molecule has 0 spiro atoms. The van der Waals surface area contributed by atoms with Crippen molar-refractivity contribution < 1.29 is 22.7 Å². The van der Waals surface area contributed by atoms with Crippen LogP contribution in [0.4, 0.5) is 16.4 Å². The van der Waals surface area contributed by atoms with E-state index in [1.54, 1.807) is 11.8 Å². The molecule has 1 heterocycles. The third-order valence-electron chi connectivity index (χ3n) is 5.60. The van der Waals surface area contributed by atoms with Gasteiger partial charge in [0.25, 0.3) is 15.9 Å². The van der Waals surface area contributed by atoms with E-state index in [1.165, 1.54) is 49.6 Å². The van der Waals surface area contributed by atoms with E-state index >= 15 is 0 Å². The monoisotopic (exact) mass is 628 g/mol. The van der Waals surface area contributed by atoms with Crippen LogP contribution in [-0.2, 0) is 14.8 Å². The predicted molar refractivity (Wildman–Crippen MR) is 161 cm³/mol. The lowest BCUT2D eigenvalue weighted by atomic mass is 10.1. The Kier molecular flexibility index (Phi) is 10.2. The molecule has 0 aliphatic heterocycles. The molecule has 1 aromatic heterocycles. The molecule has 14 heteroatoms. The molecule has 1 amide bonds. The molecule has 0 aliphatic carbocycles. The first-order chi connectivity index (χ1) is 18.4. The van der Waals surface area contributed by atoms with E-state index < -0.39 is 16.0 Å². The largest absolute Gasteiger partial charge is 0.465 e. The van der Waals surface area contributed by atoms with Gasteiger partial charge in [-0.05, 0) is 81.0 Å². The summed E-state index contributed by atoms with van der Waals surface area (Å²) >= 11 is 18.4. The van der Waals surface area contributed by atoms with Crippen molar-refractivity contribution in [3.05, 3.63) is 68.5 Å². The number of amides is 1. The van der Waals surface area contributed by atoms with Crippen molar-refractivity contribution >= 4 is 90.1 Å². The van der Waals surface area contributed by atoms with Gasteiger partial charge in [0.05, 0.1) is 38.2 Å². The number of hydrogen-bond acceptors (Lipinski definition) is 7. The zero-order chi connectivity index (χ0) is 28.9. The third kappa shape index (κ3) is 7.20. The van der Waals surface area contributed by atoms with Gasteiger partial charge in [-0.15, -0.1) is 11.3 Å². The van der Waals surface area contributed by atoms with Crippen molar-refractivity contribution in [3.63, 3.8) is 0 Å². The first kappa shape index (κ1) is 30.6. The number of nitrogens with zero attached hydrogens (tertiary/aromatic N) is 1. The van der Waals surface area contributed by atoms with E-state index in [-0.39, 0.29) is 32.2 Å². The number of methoxy groups -OCH3 is 1. The summed E-state index contributed by atoms with van der Waals surface area (Å²) in [6.45, 7) is 6.49. The van der Waals surface area contributed by atoms with Gasteiger partial charge in [-0.3, -0.25) is 9.52 Å². The van der Waals surface area contributed by atoms with Gasteiger partial charge in [-0.25, -0.2) is 13.2 Å². The summed E-state index contributed by atoms with van der Waals surface area (Å²) in [7, 11) is -2.63. The number of thiocarbonyl (C=S) groups is 1. The number of halogens is 2. The van der Waals surface area contributed by atoms with Crippen LogP contribution in [0, 0.1) is 6.92 Å². The van der Waals surface area contributed by atoms with Crippen LogP contribution in [0.2, 0.25) is 10.0 Å². The Labute approximate surface area is 246 Å². The zero-order valence-electron chi connectivity index (χ0n) is 21.4. The highest BCUT2D eigenvalue weighted by molar-refractivity contribution is 7.92. The molecule has 0 unspecified atom stereocenters. The van der Waals surface area contributed by atoms with E-state index in [2.05, 4.69) is 15.4 Å². The molecule has 0 atom stereocenters. The molecule has 0 aliphatic rings. The summed E-state index contributed by atoms with van der Waals surface area (Å²) in [5, 5.41) is 6.94. The standard InChI is InChI=1S/C25H26Cl2N4O5S3/c1-5-31(6-2)23(32)21-14(3)20(24(33)36-4)22(38-21)29-25(37)28-15-7-10-17(11-8-15)39(34,35)30-16-9-12-18(26)19(27)13-16/h7-13,30H,5-6H2,1-4H3,(H2,28,29,37). The molecule has 0 bridgehead atoms. The number of thiophene rings is 1. The Morgan fingerprint density at radius 3 is 2.18 bits per heavy atom. The molecule has 3 N–H and O–H groups in total. The Balaban J connectivity index is 1.77. The van der Waals surface area contributed by atoms with Crippen LogP contribution in [0.1, 0.15) is 39.4 Å². The van der Waals surface area contributed by atoms with Gasteiger partial charge < -0.3 is 20.3 Å². The fourth-order valence-corrected chi connectivity index (χ4v) is 6.36. The van der Waals surface area contributed by atoms with Gasteiger partial charge >= 0.3 is 5.97 Å². The van der Waals surface area contributed by atoms with Gasteiger partial charge in [-0.1, -0.05) is 23.2 Å². The molecular weight excluding hydrogens is 603 g/mol. The fraction of sp³-hybridized carbons (Fsp3) is 0.240. The Morgan fingerprint density at radius 1 is 1.00 bits per heavy atom. The van der Waals surface area contributed by atoms with E-state index in [4.69, 9.17) is 40.2 Å². The topological polar surface area (TPSA) is 117 Å². The highest BCUT2D eigenvalue weighted by Gasteiger charge is 2.27. The SMILES string of the molecule is CCN(CC)C(=O)c1sc(NC(=S)Nc2ccc(S(=O)(=O)Nc3ccc(Cl)c(Cl)c3)cc2)c(C(=O)OC)c1C. The maximum Gasteiger partial charge on any atom is 0.341 e. The van der Waals surface area contributed by atoms with E-state index in [0.717, 1.165) is 11.3 Å². The average Bonchev–Trinajstić information content (AvgIpc) is 3.21. The molecule has 0 saturated heterocycles. The van der Waals surface area contributed by atoms with Crippen LogP contribution in [0.25, 0.3) is 0 Å². The normalized spacial score (nSPS) is 11.0. The molecular formula is C25H26Cl2N4O5S3. The summed E-state index contributed by atoms with van der Waals surface area (Å²) in [4.78, 5) is 27.6. The van der Waals surface area contributed by atoms with Crippen LogP contribution in [-0.4, -0.2) is 50.5 Å². The van der Waals surface area contributed by atoms with Crippen LogP contribution < -0.4 is 15.4 Å². The summed E-state index contributed by atoms with van der Waals surface area (Å²) in [6, 6.07) is 10.3. The summed E-state index contributed by atoms with van der Waals surface area (Å²) < 4.78 is 32.9. The van der Waals surface area contributed by atoms with E-state index in [1.807, 2.05) is 13.8 Å². The summed E-state index contributed by atoms with van der Waals surface area (Å²) in [5.74, 6) is -0.789. The molecule has 9 nitrogen and oxygen atoms in total. The van der Waals surface area contributed by atoms with Crippen LogP contribution in [0.3, 0.4) is 0 Å². The highest BCUT2D eigenvalue weighted by atomic mass is 35.5. The highest BCUT2D eigenvalue weighted by Crippen LogP contribution is 2.35. The van der Waals surface area contributed by atoms with Gasteiger partial charge in [0.15, 0.2) is 5.11 Å². The predicted octanol–water partition coefficient (Wildman–Crippen LogP) is 6.24. The van der Waals surface area contributed by atoms with Crippen molar-refractivity contribution in [3.8, 4) is 0 Å². The van der Waals surface area contributed by atoms with Crippen molar-refractivity contribution in [1.29, 1.82) is 0 Å². The third-order valence-corrected chi connectivity index (χ3v) is 9.14. The fourth-order valence-electron chi connectivity index (χ4n) is 3.56. The molecule has 3 rings (SSSR count). The number of ether oxygens (including phenoxy) is 1. The Morgan fingerprint density at radius 2 is 1.62 bits per heavy atom. The molecule has 3 aromatic rings. The maximum atomic E-state index is 13.0. The van der Waals surface area contributed by atoms with Crippen LogP contribution in [0.15, 0.2) is 47.4 Å². The number of rotatable bonds is 9. The number of sulfonamides is 1. The van der Waals surface area contributed by atoms with E-state index in [0.29, 0.717) is 39.2 Å². The molecule has 39 heavy (non-hydrogen) atoms. The number of carbonyl (C=O) groups excluding carboxylic acids is 2. The lowest BCUT2D eigenvalue weighted by Gasteiger charge is -2.18. The Hall–Kier alpha value is -2.90. The molecule has 0 fully saturated rings. The minimum Gasteiger partial charge on any atom is -0.465 e. The van der Waals surface area contributed by atoms with Crippen molar-refractivity contribution in [2.75, 3.05) is 35.6 Å². The number of anilines is 3. The average molecular weight is 630 g/mol. The number of esters is 1. The first-order valence-electron chi connectivity index (χ1n) is 11.6. The smallest absolute Gasteiger partial charge is 0.341 e. The lowest BCUT2D eigenvalue weighted by molar-refractivity contribution is 0.0601. The number of nitrogens with one attached hydrogen (secondary N) is 3. The second-order valence-electron chi connectivity index (χ2n) is 8.07. The van der Waals surface area contributed by atoms with Crippen LogP contribution in [0.5, 0.6) is 0 Å². The number of hydrogen-bond donors (Lipinski definition) is 3. The van der Waals surface area contributed by atoms with Gasteiger partial charge in [0, 0.05) is 18.8 Å². The second-order valence-corrected chi connectivity index (χ2v) is 12.0. The van der Waals surface area contributed by atoms with Crippen LogP contribution >= 0.6 is 46.8 Å². The molecule has 208 valence electrons. The maximum absolute atomic E-state index is 13.0. The lowest BCUT2D eigenvalue weighted by Crippen LogP contribution is -2.30. The molecule has 0 radical (unpaired) electrons. The van der Waals surface area contributed by atoms with Crippen molar-refractivity contribution in [2.45, 2.75) is 25.7 Å². The van der Waals surface area contributed by atoms with E-state index in [9.17, 15) is 18.0 Å². The zero-order valence-corrected chi connectivity index (χ0v) is 25.4. The van der Waals surface area contributed by atoms with Crippen molar-refractivity contribution in [1.82, 2.24) is 4.90 Å². The van der Waals surface area contributed by atoms with Gasteiger partial charge in [0.1, 0.15) is 5.00 Å². The second kappa shape index (κ2) is 13.0. The Bertz CT molecular complexity index is 1500. The molecule has 2 aromatic carbocycles. The minimum atomic E-state index is -3.89. The molecule has 0 saturated carbocycles. The van der Waals surface area contributed by atoms with Gasteiger partial charge in [-0.2, -0.15) is 0 Å². The van der Waals surface area contributed by atoms with Crippen molar-refractivity contribution in [2.24, 2.45) is 0 Å². The minimum absolute atomic E-state index is 0.0133. The quantitative estimate of drug-likeness (QED) is 0.188. The summed E-state index contributed by atoms with van der Waals surface area (Å²) in [5.41, 5.74) is 1.48. The number of carbonyl (C=O) groups is 2. The van der Waals surface area contributed by atoms with Gasteiger partial charge in [0.2, 0.25) is 0 Å².